The maximum Gasteiger partial charge on any atom is 0 e. The van der Waals surface area contributed by atoms with Crippen molar-refractivity contribution in [2.75, 3.05) is 0 Å². The summed E-state index contributed by atoms with van der Waals surface area (Å²) in [4.78, 5) is 0. The zero-order chi connectivity index (χ0) is 9.98. The van der Waals surface area contributed by atoms with Crippen molar-refractivity contribution < 1.29 is 65.4 Å². The van der Waals surface area contributed by atoms with Crippen LogP contribution in [0.25, 0.3) is 0 Å². The van der Waals surface area contributed by atoms with Crippen LogP contribution < -0.4 is 0 Å². The van der Waals surface area contributed by atoms with Gasteiger partial charge >= 0.3 is 0 Å². The molecule has 0 nitrogen and oxygen atoms in total. The van der Waals surface area contributed by atoms with Crippen molar-refractivity contribution in [2.24, 2.45) is 0 Å². The Morgan fingerprint density at radius 2 is 1.60 bits per heavy atom. The Labute approximate surface area is 147 Å². The second-order valence-electron chi connectivity index (χ2n) is 2.35. The molecule has 0 amide bonds. The van der Waals surface area contributed by atoms with E-state index in [4.69, 9.17) is 13.2 Å². The van der Waals surface area contributed by atoms with Crippen LogP contribution in [0.2, 0.25) is 0 Å². The normalized spacial score (nSPS) is 8.27. The zero-order valence-corrected chi connectivity index (χ0v) is 14.7. The van der Waals surface area contributed by atoms with Gasteiger partial charge in [0.25, 0.3) is 0 Å². The summed E-state index contributed by atoms with van der Waals surface area (Å²) >= 11 is 0. The van der Waals surface area contributed by atoms with E-state index >= 15 is 0 Å². The molecule has 0 saturated carbocycles. The van der Waals surface area contributed by atoms with Crippen LogP contribution in [-0.2, 0) is 65.4 Å². The van der Waals surface area contributed by atoms with Gasteiger partial charge in [-0.1, -0.05) is 21.3 Å². The second kappa shape index (κ2) is 24.2. The summed E-state index contributed by atoms with van der Waals surface area (Å²) in [6.45, 7) is 20.9. The molecule has 0 fully saturated rings. The van der Waals surface area contributed by atoms with Gasteiger partial charge in [0.15, 0.2) is 0 Å². The summed E-state index contributed by atoms with van der Waals surface area (Å²) < 4.78 is 0. The number of rotatable bonds is 2. The molecule has 0 N–H and O–H groups in total. The van der Waals surface area contributed by atoms with Crippen molar-refractivity contribution in [1.82, 2.24) is 0 Å². The number of allylic oxidation sites excluding steroid dienone is 6. The molecule has 0 aliphatic heterocycles. The smallest absolute Gasteiger partial charge is 0 e. The van der Waals surface area contributed by atoms with Gasteiger partial charge < -0.3 is 0 Å². The van der Waals surface area contributed by atoms with Gasteiger partial charge in [-0.05, 0) is 0 Å². The Morgan fingerprint density at radius 1 is 1.20 bits per heavy atom. The van der Waals surface area contributed by atoms with E-state index in [9.17, 15) is 0 Å². The van der Waals surface area contributed by atoms with Gasteiger partial charge in [-0.2, -0.15) is 0 Å². The first kappa shape index (κ1) is 29.7. The van der Waals surface area contributed by atoms with Crippen molar-refractivity contribution in [3.63, 3.8) is 0 Å². The predicted molar refractivity (Wildman–Crippen MR) is 62.7 cm³/mol. The molecule has 2 heteroatoms. The van der Waals surface area contributed by atoms with Gasteiger partial charge in [-0.15, -0.1) is 0 Å². The number of hydrogen-bond acceptors (Lipinski definition) is 0. The Balaban J connectivity index is -0.0000000370. The first-order chi connectivity index (χ1) is 5.54. The third-order valence-electron chi connectivity index (χ3n) is 0.761. The van der Waals surface area contributed by atoms with Crippen molar-refractivity contribution in [3.8, 4) is 0 Å². The van der Waals surface area contributed by atoms with Gasteiger partial charge in [0.1, 0.15) is 0 Å². The molecule has 0 atom stereocenters. The minimum absolute atomic E-state index is 0. The van der Waals surface area contributed by atoms with Crippen molar-refractivity contribution >= 4 is 0 Å². The molecule has 0 unspecified atom stereocenters. The summed E-state index contributed by atoms with van der Waals surface area (Å²) in [6.07, 6.45) is 6.64. The third kappa shape index (κ3) is 52.1. The molecule has 0 rings (SSSR count). The molecule has 0 aromatic heterocycles. The van der Waals surface area contributed by atoms with Gasteiger partial charge in [-0.25, -0.2) is 49.3 Å². The monoisotopic (exact) mass is 354 g/mol. The topological polar surface area (TPSA) is 0 Å². The van der Waals surface area contributed by atoms with Crippen LogP contribution in [-0.4, -0.2) is 0 Å². The Morgan fingerprint density at radius 3 is 1.60 bits per heavy atom. The fraction of sp³-hybridized carbons (Fsp3) is 0.231. The summed E-state index contributed by atoms with van der Waals surface area (Å²) in [5.41, 5.74) is 1.78. The van der Waals surface area contributed by atoms with E-state index < -0.39 is 0 Å². The fourth-order valence-corrected chi connectivity index (χ4v) is 0.350. The summed E-state index contributed by atoms with van der Waals surface area (Å²) in [5.74, 6) is 0. The van der Waals surface area contributed by atoms with Crippen LogP contribution in [0.15, 0.2) is 35.5 Å². The van der Waals surface area contributed by atoms with E-state index in [0.717, 1.165) is 11.1 Å². The fourth-order valence-electron chi connectivity index (χ4n) is 0.350. The summed E-state index contributed by atoms with van der Waals surface area (Å²) in [5, 5.41) is 0. The van der Waals surface area contributed by atoms with Gasteiger partial charge in [0.2, 0.25) is 0 Å². The molecular weight excluding hydrogens is 334 g/mol. The van der Waals surface area contributed by atoms with E-state index in [2.05, 4.69) is 13.8 Å². The Bertz CT molecular complexity index is 185. The van der Waals surface area contributed by atoms with Gasteiger partial charge in [0, 0.05) is 65.4 Å². The molecule has 0 heterocycles. The number of hydrogen-bond donors (Lipinski definition) is 0. The van der Waals surface area contributed by atoms with E-state index in [-0.39, 0.29) is 72.8 Å². The van der Waals surface area contributed by atoms with Gasteiger partial charge in [0.05, 0.1) is 0 Å². The molecule has 0 aromatic carbocycles. The standard InChI is InChI=1S/2C6H8.CH4.2Y/c2*1-4-5-6(2)3;;;/h2,4-5H,1H2,3H3;1,4-5H,2H2,3H3;1H4;;/q2*-2;;;. The van der Waals surface area contributed by atoms with Crippen LogP contribution in [0, 0.1) is 27.0 Å². The minimum atomic E-state index is 0. The first-order valence-corrected chi connectivity index (χ1v) is 3.63. The quantitative estimate of drug-likeness (QED) is 0.517. The SMILES string of the molecule is C.[CH-]=C(C)C=C[CH2-].[CH-]=CC=C([CH2-])C.[Y].[Y]. The van der Waals surface area contributed by atoms with E-state index in [0.29, 0.717) is 0 Å². The van der Waals surface area contributed by atoms with Crippen molar-refractivity contribution in [2.45, 2.75) is 21.3 Å². The Kier molecular flexibility index (Phi) is 48.0. The summed E-state index contributed by atoms with van der Waals surface area (Å²) in [7, 11) is 0. The van der Waals surface area contributed by atoms with E-state index in [1.54, 1.807) is 18.2 Å². The molecule has 15 heavy (non-hydrogen) atoms. The van der Waals surface area contributed by atoms with Gasteiger partial charge in [-0.3, -0.25) is 13.2 Å². The van der Waals surface area contributed by atoms with E-state index in [1.807, 2.05) is 13.8 Å². The molecule has 0 bridgehead atoms. The molecule has 0 aromatic rings. The molecule has 2 radical (unpaired) electrons. The van der Waals surface area contributed by atoms with Crippen LogP contribution >= 0.6 is 0 Å². The molecule has 0 aliphatic rings. The molecular formula is C13H20Y2-4. The van der Waals surface area contributed by atoms with Crippen LogP contribution in [0.5, 0.6) is 0 Å². The maximum absolute atomic E-state index is 5.19. The molecule has 0 spiro atoms. The largest absolute Gasteiger partial charge is 0.293 e. The minimum Gasteiger partial charge on any atom is -0.293 e. The van der Waals surface area contributed by atoms with Crippen LogP contribution in [0.1, 0.15) is 21.3 Å². The molecule has 0 saturated heterocycles. The Hall–Kier alpha value is 0.908. The predicted octanol–water partition coefficient (Wildman–Crippen LogP) is 4.14. The maximum atomic E-state index is 5.19. The second-order valence-corrected chi connectivity index (χ2v) is 2.35. The summed E-state index contributed by atoms with van der Waals surface area (Å²) in [6, 6.07) is 0. The van der Waals surface area contributed by atoms with Crippen molar-refractivity contribution in [1.29, 1.82) is 0 Å². The molecule has 82 valence electrons. The average Bonchev–Trinajstić information content (AvgIpc) is 1.87. The molecule has 0 aliphatic carbocycles. The van der Waals surface area contributed by atoms with E-state index in [1.165, 1.54) is 6.08 Å². The third-order valence-corrected chi connectivity index (χ3v) is 0.761. The first-order valence-electron chi connectivity index (χ1n) is 3.63. The van der Waals surface area contributed by atoms with Crippen molar-refractivity contribution in [3.05, 3.63) is 62.5 Å². The van der Waals surface area contributed by atoms with Crippen LogP contribution in [0.3, 0.4) is 0 Å². The average molecular weight is 354 g/mol. The zero-order valence-electron chi connectivity index (χ0n) is 9.03. The van der Waals surface area contributed by atoms with Crippen LogP contribution in [0.4, 0.5) is 0 Å².